The number of hydrogen-bond acceptors (Lipinski definition) is 3. The molecule has 0 aliphatic rings. The molecule has 46 heavy (non-hydrogen) atoms. The molecule has 0 amide bonds. The van der Waals surface area contributed by atoms with Crippen molar-refractivity contribution >= 4 is 88.0 Å². The summed E-state index contributed by atoms with van der Waals surface area (Å²) in [6, 6.07) is 31.8. The Hall–Kier alpha value is -5.65. The molecule has 222 valence electrons. The van der Waals surface area contributed by atoms with Gasteiger partial charge in [-0.25, -0.2) is 0 Å². The molecule has 0 spiro atoms. The third kappa shape index (κ3) is 4.47. The number of furan rings is 1. The number of nitrogens with zero attached hydrogens (tertiary/aromatic N) is 1. The van der Waals surface area contributed by atoms with Crippen molar-refractivity contribution < 1.29 is 4.42 Å². The second kappa shape index (κ2) is 11.4. The summed E-state index contributed by atoms with van der Waals surface area (Å²) in [7, 11) is 0. The van der Waals surface area contributed by atoms with E-state index in [1.54, 1.807) is 17.4 Å². The van der Waals surface area contributed by atoms with Crippen molar-refractivity contribution in [3.8, 4) is 11.3 Å². The van der Waals surface area contributed by atoms with Gasteiger partial charge in [-0.05, 0) is 60.3 Å². The Balaban J connectivity index is 0.000000145. The summed E-state index contributed by atoms with van der Waals surface area (Å²) in [4.78, 5) is 4.89. The van der Waals surface area contributed by atoms with Crippen LogP contribution in [0.25, 0.3) is 87.9 Å². The Kier molecular flexibility index (Phi) is 6.89. The normalized spacial score (nSPS) is 12.6. The van der Waals surface area contributed by atoms with Gasteiger partial charge in [0.05, 0.1) is 10.2 Å². The molecule has 0 saturated heterocycles. The topological polar surface area (TPSA) is 57.6 Å². The van der Waals surface area contributed by atoms with E-state index in [1.165, 1.54) is 47.5 Å². The first-order chi connectivity index (χ1) is 22.7. The van der Waals surface area contributed by atoms with E-state index in [4.69, 9.17) is 4.42 Å². The molecular weight excluding hydrogens is 583 g/mol. The minimum absolute atomic E-state index is 0.902. The molecule has 0 aliphatic carbocycles. The first kappa shape index (κ1) is 27.9. The monoisotopic (exact) mass is 613 g/mol. The summed E-state index contributed by atoms with van der Waals surface area (Å²) in [6.07, 6.45) is 11.9. The molecule has 5 heteroatoms. The Morgan fingerprint density at radius 1 is 0.804 bits per heavy atom. The van der Waals surface area contributed by atoms with E-state index < -0.39 is 0 Å². The zero-order valence-electron chi connectivity index (χ0n) is 25.6. The van der Waals surface area contributed by atoms with E-state index in [0.717, 1.165) is 44.2 Å². The molecule has 0 bridgehead atoms. The maximum atomic E-state index is 6.27. The molecule has 4 nitrogen and oxygen atoms in total. The van der Waals surface area contributed by atoms with E-state index in [1.807, 2.05) is 43.4 Å². The lowest BCUT2D eigenvalue weighted by atomic mass is 9.98. The quantitative estimate of drug-likeness (QED) is 0.194. The van der Waals surface area contributed by atoms with Gasteiger partial charge in [0.1, 0.15) is 16.7 Å². The summed E-state index contributed by atoms with van der Waals surface area (Å²) in [6.45, 7) is 7.87. The molecule has 4 aromatic heterocycles. The van der Waals surface area contributed by atoms with E-state index in [9.17, 15) is 0 Å². The van der Waals surface area contributed by atoms with Crippen LogP contribution in [0.5, 0.6) is 0 Å². The lowest BCUT2D eigenvalue weighted by Gasteiger charge is -2.03. The predicted octanol–water partition coefficient (Wildman–Crippen LogP) is 11.2. The predicted molar refractivity (Wildman–Crippen MR) is 198 cm³/mol. The summed E-state index contributed by atoms with van der Waals surface area (Å²) in [5.74, 6) is 0. The zero-order chi connectivity index (χ0) is 31.2. The van der Waals surface area contributed by atoms with Crippen molar-refractivity contribution in [1.82, 2.24) is 15.2 Å². The second-order valence-electron chi connectivity index (χ2n) is 11.3. The van der Waals surface area contributed by atoms with Crippen LogP contribution in [-0.4, -0.2) is 15.2 Å². The number of H-pyrrole nitrogens is 2. The zero-order valence-corrected chi connectivity index (χ0v) is 26.4. The third-order valence-corrected chi connectivity index (χ3v) is 9.70. The van der Waals surface area contributed by atoms with Crippen LogP contribution in [0.3, 0.4) is 0 Å². The van der Waals surface area contributed by atoms with Crippen molar-refractivity contribution in [1.29, 1.82) is 0 Å². The van der Waals surface area contributed by atoms with Gasteiger partial charge >= 0.3 is 0 Å². The van der Waals surface area contributed by atoms with Crippen molar-refractivity contribution in [2.24, 2.45) is 0 Å². The van der Waals surface area contributed by atoms with Crippen molar-refractivity contribution in [3.63, 3.8) is 0 Å². The van der Waals surface area contributed by atoms with Gasteiger partial charge in [0, 0.05) is 48.6 Å². The maximum absolute atomic E-state index is 6.27. The summed E-state index contributed by atoms with van der Waals surface area (Å²) >= 11 is 1.78. The SMILES string of the molecule is C/C=C\C=c1\oc2ccc3[nH]c4cccc5c6ccccc6cc1c2c3c45.C=C/C=C\c1c(C)sc2c(-c3ccccc3)n[nH]c12. The second-order valence-corrected chi connectivity index (χ2v) is 12.6. The average molecular weight is 614 g/mol. The number of allylic oxidation sites excluding steroid dienone is 4. The first-order valence-electron chi connectivity index (χ1n) is 15.4. The molecule has 4 heterocycles. The van der Waals surface area contributed by atoms with Crippen LogP contribution in [-0.2, 0) is 0 Å². The van der Waals surface area contributed by atoms with Crippen molar-refractivity contribution in [2.45, 2.75) is 13.8 Å². The van der Waals surface area contributed by atoms with Gasteiger partial charge < -0.3 is 9.40 Å². The first-order valence-corrected chi connectivity index (χ1v) is 16.2. The minimum Gasteiger partial charge on any atom is -0.456 e. The van der Waals surface area contributed by atoms with Gasteiger partial charge in [-0.15, -0.1) is 11.3 Å². The maximum Gasteiger partial charge on any atom is 0.136 e. The van der Waals surface area contributed by atoms with Crippen LogP contribution < -0.4 is 5.42 Å². The van der Waals surface area contributed by atoms with Crippen LogP contribution in [0.1, 0.15) is 17.4 Å². The van der Waals surface area contributed by atoms with Gasteiger partial charge in [-0.1, -0.05) is 104 Å². The summed E-state index contributed by atoms with van der Waals surface area (Å²) in [5.41, 5.74) is 8.64. The Bertz CT molecular complexity index is 2680. The van der Waals surface area contributed by atoms with E-state index in [2.05, 4.69) is 114 Å². The van der Waals surface area contributed by atoms with Crippen LogP contribution >= 0.6 is 11.3 Å². The van der Waals surface area contributed by atoms with Crippen LogP contribution in [0, 0.1) is 6.92 Å². The highest BCUT2D eigenvalue weighted by Gasteiger charge is 2.17. The van der Waals surface area contributed by atoms with Gasteiger partial charge in [0.25, 0.3) is 0 Å². The largest absolute Gasteiger partial charge is 0.456 e. The van der Waals surface area contributed by atoms with Gasteiger partial charge in [-0.2, -0.15) is 5.10 Å². The highest BCUT2D eigenvalue weighted by molar-refractivity contribution is 7.19. The number of nitrogens with one attached hydrogen (secondary N) is 2. The van der Waals surface area contributed by atoms with Crippen molar-refractivity contribution in [2.75, 3.05) is 0 Å². The fourth-order valence-electron chi connectivity index (χ4n) is 6.52. The number of thiophene rings is 1. The molecule has 2 N–H and O–H groups in total. The van der Waals surface area contributed by atoms with Crippen molar-refractivity contribution in [3.05, 3.63) is 138 Å². The highest BCUT2D eigenvalue weighted by Crippen LogP contribution is 2.40. The third-order valence-electron chi connectivity index (χ3n) is 8.57. The Labute approximate surface area is 269 Å². The fraction of sp³-hybridized carbons (Fsp3) is 0.0488. The average Bonchev–Trinajstić information content (AvgIpc) is 3.83. The van der Waals surface area contributed by atoms with Crippen LogP contribution in [0.15, 0.2) is 126 Å². The number of fused-ring (bicyclic) bond motifs is 3. The molecule has 5 aromatic carbocycles. The van der Waals surface area contributed by atoms with Crippen LogP contribution in [0.4, 0.5) is 0 Å². The summed E-state index contributed by atoms with van der Waals surface area (Å²) < 4.78 is 7.48. The van der Waals surface area contributed by atoms with Gasteiger partial charge in [0.2, 0.25) is 0 Å². The van der Waals surface area contributed by atoms with E-state index in [-0.39, 0.29) is 0 Å². The molecule has 0 radical (unpaired) electrons. The Morgan fingerprint density at radius 3 is 2.46 bits per heavy atom. The molecule has 0 aliphatic heterocycles. The molecule has 0 unspecified atom stereocenters. The molecule has 9 aromatic rings. The molecule has 9 rings (SSSR count). The number of aromatic amines is 2. The van der Waals surface area contributed by atoms with E-state index in [0.29, 0.717) is 0 Å². The standard InChI is InChI=1S/C25H17NO.C16H14N2S/c1-2-3-11-21-18-14-15-7-4-5-8-16(15)17-9-6-10-19-23(17)25-20(26-19)12-13-22(27-21)24(18)25;1-3-4-10-13-11(2)19-16-14(17-18-15(13)16)12-8-6-5-7-9-12/h2-14,26H,1H3;3-10H,1H2,2H3,(H,17,18)/b3-2-,15-14?,17-16?,18-14?,21-11+;10-4-. The number of rotatable bonds is 4. The van der Waals surface area contributed by atoms with E-state index >= 15 is 0 Å². The molecule has 0 fully saturated rings. The minimum atomic E-state index is 0.902. The summed E-state index contributed by atoms with van der Waals surface area (Å²) in [5, 5.41) is 16.2. The molecular formula is C41H31N3OS. The smallest absolute Gasteiger partial charge is 0.136 e. The van der Waals surface area contributed by atoms with Crippen LogP contribution in [0.2, 0.25) is 0 Å². The Morgan fingerprint density at radius 2 is 1.61 bits per heavy atom. The number of benzene rings is 4. The van der Waals surface area contributed by atoms with Gasteiger partial charge in [0.15, 0.2) is 0 Å². The highest BCUT2D eigenvalue weighted by atomic mass is 32.1. The molecule has 0 saturated carbocycles. The number of aromatic nitrogens is 3. The van der Waals surface area contributed by atoms with Gasteiger partial charge in [-0.3, -0.25) is 5.10 Å². The number of aryl methyl sites for hydroxylation is 1. The fourth-order valence-corrected chi connectivity index (χ4v) is 7.62. The molecule has 0 atom stereocenters. The lowest BCUT2D eigenvalue weighted by molar-refractivity contribution is 0.584. The number of hydrogen-bond donors (Lipinski definition) is 2. The lowest BCUT2D eigenvalue weighted by Crippen LogP contribution is -1.93.